The lowest BCUT2D eigenvalue weighted by atomic mass is 10.3. The Morgan fingerprint density at radius 3 is 2.73 bits per heavy atom. The minimum atomic E-state index is 0.0975. The van der Waals surface area contributed by atoms with Crippen molar-refractivity contribution in [2.24, 2.45) is 0 Å². The van der Waals surface area contributed by atoms with Crippen molar-refractivity contribution in [1.29, 1.82) is 0 Å². The summed E-state index contributed by atoms with van der Waals surface area (Å²) >= 11 is 9.15. The molecule has 1 heterocycles. The summed E-state index contributed by atoms with van der Waals surface area (Å²) in [6.45, 7) is 1.92. The van der Waals surface area contributed by atoms with Crippen molar-refractivity contribution in [3.63, 3.8) is 0 Å². The van der Waals surface area contributed by atoms with E-state index >= 15 is 0 Å². The molecule has 0 aliphatic carbocycles. The summed E-state index contributed by atoms with van der Waals surface area (Å²) in [7, 11) is 0. The van der Waals surface area contributed by atoms with E-state index in [2.05, 4.69) is 25.9 Å². The summed E-state index contributed by atoms with van der Waals surface area (Å²) in [5, 5.41) is 0.428. The maximum absolute atomic E-state index is 5.81. The molecule has 1 aromatic rings. The molecule has 0 bridgehead atoms. The van der Waals surface area contributed by atoms with Gasteiger partial charge in [-0.3, -0.25) is 0 Å². The van der Waals surface area contributed by atoms with Crippen molar-refractivity contribution in [2.45, 2.75) is 11.8 Å². The highest BCUT2D eigenvalue weighted by Crippen LogP contribution is 2.28. The molecule has 1 atom stereocenters. The van der Waals surface area contributed by atoms with Crippen LogP contribution in [0.25, 0.3) is 0 Å². The first-order valence-electron chi connectivity index (χ1n) is 3.03. The van der Waals surface area contributed by atoms with E-state index < -0.39 is 0 Å². The normalized spacial score (nSPS) is 13.0. The maximum atomic E-state index is 5.81. The van der Waals surface area contributed by atoms with Crippen molar-refractivity contribution in [3.8, 4) is 0 Å². The van der Waals surface area contributed by atoms with Crippen LogP contribution in [0.1, 0.15) is 17.4 Å². The van der Waals surface area contributed by atoms with Crippen molar-refractivity contribution >= 4 is 33.3 Å². The van der Waals surface area contributed by atoms with Gasteiger partial charge in [-0.25, -0.2) is 9.97 Å². The number of nitrogens with zero attached hydrogens (tertiary/aromatic N) is 2. The fraction of sp³-hybridized carbons (Fsp3) is 0.333. The Balaban J connectivity index is 3.17. The van der Waals surface area contributed by atoms with E-state index in [1.807, 2.05) is 6.92 Å². The predicted molar refractivity (Wildman–Crippen MR) is 48.8 cm³/mol. The summed E-state index contributed by atoms with van der Waals surface area (Å²) in [5.74, 6) is 0.322. The summed E-state index contributed by atoms with van der Waals surface area (Å²) < 4.78 is 0. The lowest BCUT2D eigenvalue weighted by Crippen LogP contribution is -1.98. The van der Waals surface area contributed by atoms with Gasteiger partial charge in [-0.2, -0.15) is 0 Å². The second-order valence-corrected chi connectivity index (χ2v) is 3.83. The molecule has 0 aromatic carbocycles. The lowest BCUT2D eigenvalue weighted by Gasteiger charge is -2.05. The molecular formula is C6H7BrClN3. The molecule has 0 aliphatic rings. The van der Waals surface area contributed by atoms with Crippen LogP contribution >= 0.6 is 27.5 Å². The molecule has 2 N–H and O–H groups in total. The van der Waals surface area contributed by atoms with Crippen LogP contribution in [0.5, 0.6) is 0 Å². The Labute approximate surface area is 78.1 Å². The van der Waals surface area contributed by atoms with Gasteiger partial charge < -0.3 is 5.73 Å². The maximum Gasteiger partial charge on any atom is 0.145 e. The monoisotopic (exact) mass is 235 g/mol. The zero-order valence-corrected chi connectivity index (χ0v) is 8.22. The van der Waals surface area contributed by atoms with Crippen molar-refractivity contribution in [3.05, 3.63) is 17.0 Å². The van der Waals surface area contributed by atoms with E-state index in [1.54, 1.807) is 0 Å². The molecule has 5 heteroatoms. The second-order valence-electron chi connectivity index (χ2n) is 2.07. The van der Waals surface area contributed by atoms with E-state index in [0.29, 0.717) is 10.8 Å². The van der Waals surface area contributed by atoms with Gasteiger partial charge in [-0.1, -0.05) is 27.5 Å². The molecule has 0 fully saturated rings. The largest absolute Gasteiger partial charge is 0.382 e. The zero-order valence-electron chi connectivity index (χ0n) is 5.88. The molecule has 11 heavy (non-hydrogen) atoms. The van der Waals surface area contributed by atoms with Crippen LogP contribution in [0.4, 0.5) is 5.82 Å². The smallest absolute Gasteiger partial charge is 0.145 e. The predicted octanol–water partition coefficient (Wildman–Crippen LogP) is 2.17. The van der Waals surface area contributed by atoms with Crippen LogP contribution in [0.3, 0.4) is 0 Å². The molecular weight excluding hydrogens is 229 g/mol. The van der Waals surface area contributed by atoms with E-state index in [4.69, 9.17) is 17.3 Å². The van der Waals surface area contributed by atoms with Crippen LogP contribution < -0.4 is 5.73 Å². The average Bonchev–Trinajstić information content (AvgIpc) is 1.94. The van der Waals surface area contributed by atoms with Gasteiger partial charge in [-0.15, -0.1) is 0 Å². The van der Waals surface area contributed by atoms with Gasteiger partial charge in [0.1, 0.15) is 17.2 Å². The Bertz CT molecular complexity index is 264. The van der Waals surface area contributed by atoms with Crippen LogP contribution in [0.2, 0.25) is 5.02 Å². The number of nitrogens with two attached hydrogens (primary N) is 1. The molecule has 1 aromatic heterocycles. The third-order valence-corrected chi connectivity index (χ3v) is 2.04. The van der Waals surface area contributed by atoms with E-state index in [9.17, 15) is 0 Å². The minimum Gasteiger partial charge on any atom is -0.382 e. The zero-order chi connectivity index (χ0) is 8.43. The Morgan fingerprint density at radius 1 is 1.64 bits per heavy atom. The molecule has 0 amide bonds. The molecule has 0 saturated heterocycles. The molecule has 0 saturated carbocycles. The number of hydrogen-bond acceptors (Lipinski definition) is 3. The number of anilines is 1. The number of rotatable bonds is 1. The molecule has 0 spiro atoms. The highest BCUT2D eigenvalue weighted by molar-refractivity contribution is 9.09. The highest BCUT2D eigenvalue weighted by atomic mass is 79.9. The van der Waals surface area contributed by atoms with Crippen LogP contribution in [0, 0.1) is 0 Å². The van der Waals surface area contributed by atoms with Crippen LogP contribution in [0.15, 0.2) is 6.33 Å². The summed E-state index contributed by atoms with van der Waals surface area (Å²) in [4.78, 5) is 7.80. The Kier molecular flexibility index (Phi) is 2.67. The highest BCUT2D eigenvalue weighted by Gasteiger charge is 2.10. The summed E-state index contributed by atoms with van der Waals surface area (Å²) in [5.41, 5.74) is 6.18. The topological polar surface area (TPSA) is 51.8 Å². The molecule has 1 unspecified atom stereocenters. The van der Waals surface area contributed by atoms with Crippen LogP contribution in [-0.2, 0) is 0 Å². The molecule has 0 radical (unpaired) electrons. The van der Waals surface area contributed by atoms with E-state index in [-0.39, 0.29) is 4.83 Å². The fourth-order valence-corrected chi connectivity index (χ4v) is 1.42. The number of hydrogen-bond donors (Lipinski definition) is 1. The van der Waals surface area contributed by atoms with Gasteiger partial charge in [0.25, 0.3) is 0 Å². The van der Waals surface area contributed by atoms with Gasteiger partial charge in [0.05, 0.1) is 10.5 Å². The minimum absolute atomic E-state index is 0.0975. The average molecular weight is 236 g/mol. The van der Waals surface area contributed by atoms with Gasteiger partial charge in [0.15, 0.2) is 0 Å². The van der Waals surface area contributed by atoms with E-state index in [1.165, 1.54) is 6.33 Å². The van der Waals surface area contributed by atoms with Gasteiger partial charge in [0.2, 0.25) is 0 Å². The lowest BCUT2D eigenvalue weighted by molar-refractivity contribution is 0.994. The number of alkyl halides is 1. The van der Waals surface area contributed by atoms with Gasteiger partial charge in [0, 0.05) is 0 Å². The molecule has 3 nitrogen and oxygen atoms in total. The first-order chi connectivity index (χ1) is 5.13. The van der Waals surface area contributed by atoms with Crippen molar-refractivity contribution in [2.75, 3.05) is 5.73 Å². The fourth-order valence-electron chi connectivity index (χ4n) is 0.675. The Hall–Kier alpha value is -0.350. The van der Waals surface area contributed by atoms with Gasteiger partial charge in [-0.05, 0) is 6.92 Å². The van der Waals surface area contributed by atoms with Gasteiger partial charge >= 0.3 is 0 Å². The summed E-state index contributed by atoms with van der Waals surface area (Å²) in [6.07, 6.45) is 1.40. The number of halogens is 2. The number of nitrogen functional groups attached to an aromatic ring is 1. The SMILES string of the molecule is CC(Br)c1ncnc(N)c1Cl. The second kappa shape index (κ2) is 3.36. The Morgan fingerprint density at radius 2 is 2.27 bits per heavy atom. The third-order valence-electron chi connectivity index (χ3n) is 1.22. The van der Waals surface area contributed by atoms with E-state index in [0.717, 1.165) is 5.69 Å². The van der Waals surface area contributed by atoms with Crippen molar-refractivity contribution in [1.82, 2.24) is 9.97 Å². The molecule has 60 valence electrons. The standard InChI is InChI=1S/C6H7BrClN3/c1-3(7)5-4(8)6(9)11-2-10-5/h2-3H,1H3,(H2,9,10,11). The third kappa shape index (κ3) is 1.81. The van der Waals surface area contributed by atoms with Crippen LogP contribution in [-0.4, -0.2) is 9.97 Å². The first-order valence-corrected chi connectivity index (χ1v) is 4.32. The molecule has 0 aliphatic heterocycles. The molecule has 1 rings (SSSR count). The number of aromatic nitrogens is 2. The summed E-state index contributed by atoms with van der Waals surface area (Å²) in [6, 6.07) is 0. The quantitative estimate of drug-likeness (QED) is 0.760. The first kappa shape index (κ1) is 8.74. The van der Waals surface area contributed by atoms with Crippen molar-refractivity contribution < 1.29 is 0 Å².